The number of benzene rings is 2. The van der Waals surface area contributed by atoms with Gasteiger partial charge in [-0.1, -0.05) is 68.7 Å². The minimum Gasteiger partial charge on any atom is -0.508 e. The second-order valence-corrected chi connectivity index (χ2v) is 13.6. The van der Waals surface area contributed by atoms with Crippen molar-refractivity contribution in [3.63, 3.8) is 0 Å². The van der Waals surface area contributed by atoms with Gasteiger partial charge in [-0.3, -0.25) is 9.59 Å². The standard InChI is InChI=1S/C35H51N3O7S/c1-8-9-10-14-21-38(31(41)28(23-46)37-33(43)45-35(5,6)7)29(25-17-19-26(39)20-18-25)30(40)36-27(32(42)44-34(2,3)4)22-24-15-12-11-13-16-24/h11-13,15-20,27-29,39,46H,8-10,14,21-23H2,1-7H3,(H,36,40)(H,37,43). The van der Waals surface area contributed by atoms with Crippen LogP contribution in [0.5, 0.6) is 5.75 Å². The third kappa shape index (κ3) is 13.3. The Labute approximate surface area is 279 Å². The SMILES string of the molecule is CCCCCCN(C(=O)C(CS)NC(=O)OC(C)(C)C)C(C(=O)NC(Cc1ccccc1)C(=O)OC(C)(C)C)c1ccc(O)cc1. The molecule has 2 rings (SSSR count). The Bertz CT molecular complexity index is 1270. The number of esters is 1. The molecule has 0 aliphatic rings. The van der Waals surface area contributed by atoms with Crippen molar-refractivity contribution < 1.29 is 33.8 Å². The van der Waals surface area contributed by atoms with E-state index in [1.807, 2.05) is 30.3 Å². The van der Waals surface area contributed by atoms with Crippen molar-refractivity contribution in [1.29, 1.82) is 0 Å². The average molecular weight is 658 g/mol. The molecule has 10 nitrogen and oxygen atoms in total. The highest BCUT2D eigenvalue weighted by atomic mass is 32.1. The molecule has 3 N–H and O–H groups in total. The summed E-state index contributed by atoms with van der Waals surface area (Å²) in [4.78, 5) is 56.1. The average Bonchev–Trinajstić information content (AvgIpc) is 2.96. The van der Waals surface area contributed by atoms with E-state index >= 15 is 0 Å². The number of thiol groups is 1. The van der Waals surface area contributed by atoms with Crippen LogP contribution in [-0.4, -0.2) is 69.5 Å². The van der Waals surface area contributed by atoms with Crippen LogP contribution in [-0.2, 0) is 30.3 Å². The highest BCUT2D eigenvalue weighted by molar-refractivity contribution is 7.80. The predicted octanol–water partition coefficient (Wildman–Crippen LogP) is 5.73. The zero-order valence-electron chi connectivity index (χ0n) is 28.2. The van der Waals surface area contributed by atoms with Crippen LogP contribution in [0.3, 0.4) is 0 Å². The van der Waals surface area contributed by atoms with E-state index in [0.717, 1.165) is 24.8 Å². The van der Waals surface area contributed by atoms with Gasteiger partial charge >= 0.3 is 12.1 Å². The first-order chi connectivity index (χ1) is 21.5. The maximum atomic E-state index is 14.3. The number of hydrogen-bond donors (Lipinski definition) is 4. The molecule has 0 saturated heterocycles. The van der Waals surface area contributed by atoms with Gasteiger partial charge in [-0.05, 0) is 71.2 Å². The molecular formula is C35H51N3O7S. The number of nitrogens with zero attached hydrogens (tertiary/aromatic N) is 1. The number of aromatic hydroxyl groups is 1. The molecule has 0 radical (unpaired) electrons. The maximum absolute atomic E-state index is 14.3. The first-order valence-electron chi connectivity index (χ1n) is 15.8. The van der Waals surface area contributed by atoms with Crippen LogP contribution in [0.4, 0.5) is 4.79 Å². The number of carbonyl (C=O) groups excluding carboxylic acids is 4. The van der Waals surface area contributed by atoms with Gasteiger partial charge < -0.3 is 30.1 Å². The zero-order chi connectivity index (χ0) is 34.5. The first-order valence-corrected chi connectivity index (χ1v) is 16.4. The highest BCUT2D eigenvalue weighted by Gasteiger charge is 2.38. The summed E-state index contributed by atoms with van der Waals surface area (Å²) in [5, 5.41) is 15.5. The lowest BCUT2D eigenvalue weighted by Crippen LogP contribution is -2.55. The van der Waals surface area contributed by atoms with Crippen molar-refractivity contribution in [2.24, 2.45) is 0 Å². The number of carbonyl (C=O) groups is 4. The Hall–Kier alpha value is -3.73. The van der Waals surface area contributed by atoms with Crippen LogP contribution in [0.2, 0.25) is 0 Å². The van der Waals surface area contributed by atoms with Gasteiger partial charge in [0.15, 0.2) is 0 Å². The minimum absolute atomic E-state index is 0.0146. The second kappa shape index (κ2) is 17.8. The molecule has 2 aromatic carbocycles. The normalized spacial score (nSPS) is 13.6. The molecule has 46 heavy (non-hydrogen) atoms. The van der Waals surface area contributed by atoms with Crippen molar-refractivity contribution in [3.8, 4) is 5.75 Å². The number of unbranched alkanes of at least 4 members (excludes halogenated alkanes) is 3. The molecule has 3 amide bonds. The summed E-state index contributed by atoms with van der Waals surface area (Å²) >= 11 is 4.35. The lowest BCUT2D eigenvalue weighted by atomic mass is 10.00. The van der Waals surface area contributed by atoms with Gasteiger partial charge in [0.1, 0.15) is 35.1 Å². The molecule has 0 bridgehead atoms. The summed E-state index contributed by atoms with van der Waals surface area (Å²) in [6, 6.07) is 11.8. The smallest absolute Gasteiger partial charge is 0.408 e. The molecule has 0 aliphatic heterocycles. The van der Waals surface area contributed by atoms with Crippen LogP contribution in [0.1, 0.15) is 91.3 Å². The van der Waals surface area contributed by atoms with Crippen molar-refractivity contribution in [3.05, 3.63) is 65.7 Å². The molecule has 0 spiro atoms. The number of phenols is 1. The topological polar surface area (TPSA) is 134 Å². The Morgan fingerprint density at radius 2 is 1.43 bits per heavy atom. The van der Waals surface area contributed by atoms with E-state index in [-0.39, 0.29) is 24.5 Å². The third-order valence-electron chi connectivity index (χ3n) is 6.77. The molecule has 0 fully saturated rings. The van der Waals surface area contributed by atoms with Gasteiger partial charge in [-0.25, -0.2) is 9.59 Å². The number of hydrogen-bond acceptors (Lipinski definition) is 8. The number of amides is 3. The third-order valence-corrected chi connectivity index (χ3v) is 7.13. The number of alkyl carbamates (subject to hydrolysis) is 1. The number of ether oxygens (including phenoxy) is 2. The maximum Gasteiger partial charge on any atom is 0.408 e. The molecule has 254 valence electrons. The molecule has 0 saturated carbocycles. The lowest BCUT2D eigenvalue weighted by molar-refractivity contribution is -0.159. The van der Waals surface area contributed by atoms with Gasteiger partial charge in [0.25, 0.3) is 0 Å². The van der Waals surface area contributed by atoms with Crippen LogP contribution < -0.4 is 10.6 Å². The second-order valence-electron chi connectivity index (χ2n) is 13.3. The zero-order valence-corrected chi connectivity index (χ0v) is 29.1. The Morgan fingerprint density at radius 1 is 0.826 bits per heavy atom. The van der Waals surface area contributed by atoms with Crippen LogP contribution >= 0.6 is 12.6 Å². The number of phenolic OH excluding ortho intramolecular Hbond substituents is 1. The van der Waals surface area contributed by atoms with E-state index < -0.39 is 53.2 Å². The predicted molar refractivity (Wildman–Crippen MR) is 182 cm³/mol. The molecule has 0 heterocycles. The fraction of sp³-hybridized carbons (Fsp3) is 0.543. The molecule has 3 atom stereocenters. The van der Waals surface area contributed by atoms with Crippen LogP contribution in [0, 0.1) is 0 Å². The van der Waals surface area contributed by atoms with Crippen LogP contribution in [0.25, 0.3) is 0 Å². The van der Waals surface area contributed by atoms with Gasteiger partial charge in [-0.15, -0.1) is 0 Å². The molecule has 11 heteroatoms. The van der Waals surface area contributed by atoms with E-state index in [2.05, 4.69) is 30.2 Å². The molecular weight excluding hydrogens is 606 g/mol. The van der Waals surface area contributed by atoms with Gasteiger partial charge in [0.2, 0.25) is 11.8 Å². The summed E-state index contributed by atoms with van der Waals surface area (Å²) < 4.78 is 11.1. The largest absolute Gasteiger partial charge is 0.508 e. The monoisotopic (exact) mass is 657 g/mol. The van der Waals surface area contributed by atoms with E-state index in [1.165, 1.54) is 17.0 Å². The van der Waals surface area contributed by atoms with E-state index in [9.17, 15) is 24.3 Å². The quantitative estimate of drug-likeness (QED) is 0.109. The summed E-state index contributed by atoms with van der Waals surface area (Å²) in [7, 11) is 0. The minimum atomic E-state index is -1.21. The number of nitrogens with one attached hydrogen (secondary N) is 2. The van der Waals surface area contributed by atoms with E-state index in [0.29, 0.717) is 12.0 Å². The van der Waals surface area contributed by atoms with Crippen molar-refractivity contribution in [1.82, 2.24) is 15.5 Å². The Kier molecular flexibility index (Phi) is 14.9. The molecule has 2 aromatic rings. The molecule has 0 aromatic heterocycles. The lowest BCUT2D eigenvalue weighted by Gasteiger charge is -2.35. The fourth-order valence-corrected chi connectivity index (χ4v) is 4.95. The number of rotatable bonds is 15. The summed E-state index contributed by atoms with van der Waals surface area (Å²) in [5.74, 6) is -1.84. The van der Waals surface area contributed by atoms with E-state index in [4.69, 9.17) is 9.47 Å². The summed E-state index contributed by atoms with van der Waals surface area (Å²) in [5.41, 5.74) is -0.375. The Balaban J connectivity index is 2.56. The Morgan fingerprint density at radius 3 is 1.98 bits per heavy atom. The van der Waals surface area contributed by atoms with Gasteiger partial charge in [0, 0.05) is 18.7 Å². The summed E-state index contributed by atoms with van der Waals surface area (Å²) in [6.07, 6.45) is 2.67. The van der Waals surface area contributed by atoms with Gasteiger partial charge in [-0.2, -0.15) is 12.6 Å². The molecule has 0 aliphatic carbocycles. The summed E-state index contributed by atoms with van der Waals surface area (Å²) in [6.45, 7) is 12.6. The van der Waals surface area contributed by atoms with Crippen LogP contribution in [0.15, 0.2) is 54.6 Å². The fourth-order valence-electron chi connectivity index (χ4n) is 4.71. The van der Waals surface area contributed by atoms with E-state index in [1.54, 1.807) is 53.7 Å². The van der Waals surface area contributed by atoms with Crippen molar-refractivity contribution in [2.75, 3.05) is 12.3 Å². The first kappa shape index (κ1) is 38.5. The molecule has 3 unspecified atom stereocenters. The van der Waals surface area contributed by atoms with Crippen molar-refractivity contribution >= 4 is 36.5 Å². The van der Waals surface area contributed by atoms with Gasteiger partial charge in [0.05, 0.1) is 0 Å². The highest BCUT2D eigenvalue weighted by Crippen LogP contribution is 2.26. The van der Waals surface area contributed by atoms with Crippen molar-refractivity contribution in [2.45, 2.75) is 110 Å².